The van der Waals surface area contributed by atoms with E-state index in [0.717, 1.165) is 48.8 Å². The zero-order chi connectivity index (χ0) is 23.7. The van der Waals surface area contributed by atoms with Gasteiger partial charge in [-0.3, -0.25) is 9.69 Å². The van der Waals surface area contributed by atoms with Crippen LogP contribution in [0, 0.1) is 11.7 Å². The number of likely N-dealkylation sites (tertiary alicyclic amines) is 1. The molecule has 5 rings (SSSR count). The Morgan fingerprint density at radius 1 is 1.15 bits per heavy atom. The van der Waals surface area contributed by atoms with Crippen molar-refractivity contribution in [2.24, 2.45) is 5.92 Å². The molecule has 2 aromatic heterocycles. The number of aromatic nitrogens is 5. The van der Waals surface area contributed by atoms with Gasteiger partial charge in [0.15, 0.2) is 5.82 Å². The number of halogens is 1. The SMILES string of the molecule is CCc1ccc2[nH]c(=O)c([C@@H](c3nnnn3Cc3ccc(F)cc3)N3CCC[C@H](C)C3)cc2c1. The Morgan fingerprint density at radius 2 is 1.94 bits per heavy atom. The summed E-state index contributed by atoms with van der Waals surface area (Å²) in [7, 11) is 0. The van der Waals surface area contributed by atoms with Gasteiger partial charge in [0.05, 0.1) is 6.54 Å². The molecule has 0 radical (unpaired) electrons. The van der Waals surface area contributed by atoms with Gasteiger partial charge in [0.2, 0.25) is 0 Å². The monoisotopic (exact) mass is 460 g/mol. The van der Waals surface area contributed by atoms with Crippen LogP contribution < -0.4 is 5.56 Å². The summed E-state index contributed by atoms with van der Waals surface area (Å²) < 4.78 is 15.1. The van der Waals surface area contributed by atoms with Gasteiger partial charge >= 0.3 is 0 Å². The molecule has 3 heterocycles. The van der Waals surface area contributed by atoms with Crippen molar-refractivity contribution in [1.29, 1.82) is 0 Å². The van der Waals surface area contributed by atoms with Gasteiger partial charge in [0.25, 0.3) is 5.56 Å². The quantitative estimate of drug-likeness (QED) is 0.469. The molecule has 0 aliphatic carbocycles. The fraction of sp³-hybridized carbons (Fsp3) is 0.385. The van der Waals surface area contributed by atoms with E-state index in [4.69, 9.17) is 0 Å². The Balaban J connectivity index is 1.62. The number of rotatable bonds is 6. The van der Waals surface area contributed by atoms with Crippen LogP contribution in [0.2, 0.25) is 0 Å². The number of pyridine rings is 1. The summed E-state index contributed by atoms with van der Waals surface area (Å²) >= 11 is 0. The number of piperidine rings is 1. The van der Waals surface area contributed by atoms with Crippen molar-refractivity contribution < 1.29 is 4.39 Å². The topological polar surface area (TPSA) is 79.7 Å². The molecule has 8 heteroatoms. The Bertz CT molecular complexity index is 1350. The number of tetrazole rings is 1. The maximum atomic E-state index is 13.4. The Labute approximate surface area is 197 Å². The summed E-state index contributed by atoms with van der Waals surface area (Å²) in [4.78, 5) is 18.8. The van der Waals surface area contributed by atoms with Gasteiger partial charge < -0.3 is 4.98 Å². The highest BCUT2D eigenvalue weighted by atomic mass is 19.1. The van der Waals surface area contributed by atoms with Crippen molar-refractivity contribution in [3.63, 3.8) is 0 Å². The van der Waals surface area contributed by atoms with E-state index in [2.05, 4.69) is 45.3 Å². The van der Waals surface area contributed by atoms with Gasteiger partial charge in [0.1, 0.15) is 11.9 Å². The second-order valence-corrected chi connectivity index (χ2v) is 9.30. The standard InChI is InChI=1S/C26H29FN6O/c1-3-18-8-11-23-20(13-18)14-22(26(34)28-23)24(32-12-4-5-17(2)15-32)25-29-30-31-33(25)16-19-6-9-21(27)10-7-19/h6-11,13-14,17,24H,3-5,12,15-16H2,1-2H3,(H,28,34)/t17-,24-/m0/s1. The molecule has 1 aliphatic heterocycles. The third-order valence-corrected chi connectivity index (χ3v) is 6.74. The van der Waals surface area contributed by atoms with Gasteiger partial charge in [-0.25, -0.2) is 9.07 Å². The zero-order valence-corrected chi connectivity index (χ0v) is 19.5. The molecule has 176 valence electrons. The maximum Gasteiger partial charge on any atom is 0.253 e. The highest BCUT2D eigenvalue weighted by molar-refractivity contribution is 5.80. The summed E-state index contributed by atoms with van der Waals surface area (Å²) in [6.07, 6.45) is 3.15. The van der Waals surface area contributed by atoms with Gasteiger partial charge in [0, 0.05) is 17.6 Å². The second-order valence-electron chi connectivity index (χ2n) is 9.30. The van der Waals surface area contributed by atoms with Crippen LogP contribution in [0.4, 0.5) is 4.39 Å². The molecule has 0 amide bonds. The van der Waals surface area contributed by atoms with Gasteiger partial charge in [-0.15, -0.1) is 5.10 Å². The van der Waals surface area contributed by atoms with Gasteiger partial charge in [-0.1, -0.05) is 32.0 Å². The number of nitrogens with zero attached hydrogens (tertiary/aromatic N) is 5. The van der Waals surface area contributed by atoms with E-state index in [1.54, 1.807) is 16.8 Å². The second kappa shape index (κ2) is 9.46. The van der Waals surface area contributed by atoms with E-state index in [-0.39, 0.29) is 17.4 Å². The molecule has 1 fully saturated rings. The van der Waals surface area contributed by atoms with Crippen LogP contribution in [-0.2, 0) is 13.0 Å². The van der Waals surface area contributed by atoms with E-state index >= 15 is 0 Å². The predicted molar refractivity (Wildman–Crippen MR) is 129 cm³/mol. The highest BCUT2D eigenvalue weighted by Gasteiger charge is 2.32. The van der Waals surface area contributed by atoms with E-state index in [0.29, 0.717) is 23.9 Å². The predicted octanol–water partition coefficient (Wildman–Crippen LogP) is 4.09. The Morgan fingerprint density at radius 3 is 2.71 bits per heavy atom. The molecule has 1 saturated heterocycles. The minimum Gasteiger partial charge on any atom is -0.322 e. The zero-order valence-electron chi connectivity index (χ0n) is 19.5. The Hall–Kier alpha value is -3.39. The van der Waals surface area contributed by atoms with Crippen molar-refractivity contribution in [2.45, 2.75) is 45.7 Å². The molecule has 0 bridgehead atoms. The number of nitrogens with one attached hydrogen (secondary N) is 1. The summed E-state index contributed by atoms with van der Waals surface area (Å²) in [6.45, 7) is 6.48. The van der Waals surface area contributed by atoms with Crippen molar-refractivity contribution in [1.82, 2.24) is 30.1 Å². The van der Waals surface area contributed by atoms with Gasteiger partial charge in [-0.2, -0.15) is 0 Å². The van der Waals surface area contributed by atoms with E-state index in [1.165, 1.54) is 17.7 Å². The van der Waals surface area contributed by atoms with Crippen LogP contribution in [0.1, 0.15) is 55.2 Å². The van der Waals surface area contributed by atoms with Crippen LogP contribution in [0.25, 0.3) is 10.9 Å². The third-order valence-electron chi connectivity index (χ3n) is 6.74. The maximum absolute atomic E-state index is 13.4. The average molecular weight is 461 g/mol. The van der Waals surface area contributed by atoms with E-state index in [1.807, 2.05) is 18.2 Å². The van der Waals surface area contributed by atoms with Crippen LogP contribution in [0.5, 0.6) is 0 Å². The molecular formula is C26H29FN6O. The molecule has 0 saturated carbocycles. The minimum atomic E-state index is -0.378. The molecule has 0 spiro atoms. The first-order valence-electron chi connectivity index (χ1n) is 11.9. The fourth-order valence-electron chi connectivity index (χ4n) is 4.94. The lowest BCUT2D eigenvalue weighted by atomic mass is 9.95. The molecule has 1 N–H and O–H groups in total. The number of fused-ring (bicyclic) bond motifs is 1. The Kier molecular flexibility index (Phi) is 6.24. The lowest BCUT2D eigenvalue weighted by molar-refractivity contribution is 0.141. The third kappa shape index (κ3) is 4.50. The molecule has 1 aliphatic rings. The molecule has 4 aromatic rings. The summed E-state index contributed by atoms with van der Waals surface area (Å²) in [5.74, 6) is 0.855. The van der Waals surface area contributed by atoms with Crippen LogP contribution in [0.15, 0.2) is 53.3 Å². The number of hydrogen-bond acceptors (Lipinski definition) is 5. The van der Waals surface area contributed by atoms with Crippen LogP contribution in [-0.4, -0.2) is 43.2 Å². The smallest absolute Gasteiger partial charge is 0.253 e. The molecule has 2 atom stereocenters. The molecule has 2 aromatic carbocycles. The van der Waals surface area contributed by atoms with Crippen LogP contribution >= 0.6 is 0 Å². The molecule has 34 heavy (non-hydrogen) atoms. The number of H-pyrrole nitrogens is 1. The summed E-state index contributed by atoms with van der Waals surface area (Å²) in [5.41, 5.74) is 3.44. The van der Waals surface area contributed by atoms with Crippen molar-refractivity contribution >= 4 is 10.9 Å². The average Bonchev–Trinajstić information content (AvgIpc) is 3.28. The van der Waals surface area contributed by atoms with Crippen molar-refractivity contribution in [3.8, 4) is 0 Å². The number of aryl methyl sites for hydroxylation is 1. The molecule has 7 nitrogen and oxygen atoms in total. The fourth-order valence-corrected chi connectivity index (χ4v) is 4.94. The van der Waals surface area contributed by atoms with Gasteiger partial charge in [-0.05, 0) is 89.0 Å². The summed E-state index contributed by atoms with van der Waals surface area (Å²) in [6, 6.07) is 14.1. The number of hydrogen-bond donors (Lipinski definition) is 1. The first-order chi connectivity index (χ1) is 16.5. The first kappa shape index (κ1) is 22.4. The minimum absolute atomic E-state index is 0.128. The molecule has 0 unspecified atom stereocenters. The largest absolute Gasteiger partial charge is 0.322 e. The normalized spacial score (nSPS) is 17.8. The molecular weight excluding hydrogens is 431 g/mol. The highest BCUT2D eigenvalue weighted by Crippen LogP contribution is 2.31. The van der Waals surface area contributed by atoms with Crippen LogP contribution in [0.3, 0.4) is 0 Å². The van der Waals surface area contributed by atoms with Crippen molar-refractivity contribution in [2.75, 3.05) is 13.1 Å². The number of benzene rings is 2. The lowest BCUT2D eigenvalue weighted by Crippen LogP contribution is -2.41. The van der Waals surface area contributed by atoms with E-state index in [9.17, 15) is 9.18 Å². The van der Waals surface area contributed by atoms with E-state index < -0.39 is 0 Å². The lowest BCUT2D eigenvalue weighted by Gasteiger charge is -2.36. The number of aromatic amines is 1. The first-order valence-corrected chi connectivity index (χ1v) is 11.9. The summed E-state index contributed by atoms with van der Waals surface area (Å²) in [5, 5.41) is 13.6. The van der Waals surface area contributed by atoms with Crippen molar-refractivity contribution in [3.05, 3.63) is 87.2 Å².